The van der Waals surface area contributed by atoms with Crippen LogP contribution in [0.15, 0.2) is 70.9 Å². The molecule has 2 rings (SSSR count). The summed E-state index contributed by atoms with van der Waals surface area (Å²) in [4.78, 5) is 23.3. The molecule has 2 aromatic rings. The number of rotatable bonds is 5. The van der Waals surface area contributed by atoms with E-state index in [-0.39, 0.29) is 10.5 Å². The summed E-state index contributed by atoms with van der Waals surface area (Å²) in [6.07, 6.45) is 3.33. The summed E-state index contributed by atoms with van der Waals surface area (Å²) >= 11 is 2.04. The Bertz CT molecular complexity index is 739. The molecule has 0 aliphatic heterocycles. The maximum atomic E-state index is 11.7. The van der Waals surface area contributed by atoms with Crippen LogP contribution in [-0.2, 0) is 0 Å². The van der Waals surface area contributed by atoms with Crippen molar-refractivity contribution < 1.29 is 9.59 Å². The van der Waals surface area contributed by atoms with Crippen molar-refractivity contribution in [3.05, 3.63) is 71.8 Å². The minimum atomic E-state index is -0.293. The molecule has 0 spiro atoms. The third kappa shape index (κ3) is 5.75. The van der Waals surface area contributed by atoms with Crippen molar-refractivity contribution in [3.63, 3.8) is 0 Å². The number of hydrogen-bond donors (Lipinski definition) is 2. The zero-order valence-corrected chi connectivity index (χ0v) is 15.9. The lowest BCUT2D eigenvalue weighted by Crippen LogP contribution is -2.26. The van der Waals surface area contributed by atoms with Gasteiger partial charge in [0, 0.05) is 11.1 Å². The summed E-state index contributed by atoms with van der Waals surface area (Å²) in [5, 5.41) is 7.92. The molecule has 0 fully saturated rings. The molecule has 26 heavy (non-hydrogen) atoms. The van der Waals surface area contributed by atoms with Gasteiger partial charge in [0.15, 0.2) is 0 Å². The van der Waals surface area contributed by atoms with Crippen LogP contribution in [0.3, 0.4) is 0 Å². The lowest BCUT2D eigenvalue weighted by atomic mass is 10.00. The molecule has 8 heteroatoms. The number of nitrogens with zero attached hydrogens (tertiary/aromatic N) is 2. The Kier molecular flexibility index (Phi) is 7.91. The molecule has 2 aromatic carbocycles. The SMILES string of the molecule is CSC(=O)N/N=C(/C(=N/NC(=O)SC)c1ccccc1)c1ccccc1. The van der Waals surface area contributed by atoms with Crippen molar-refractivity contribution in [3.8, 4) is 0 Å². The fraction of sp³-hybridized carbons (Fsp3) is 0.111. The fourth-order valence-corrected chi connectivity index (χ4v) is 2.27. The normalized spacial score (nSPS) is 11.8. The highest BCUT2D eigenvalue weighted by Crippen LogP contribution is 2.11. The summed E-state index contributed by atoms with van der Waals surface area (Å²) < 4.78 is 0. The molecule has 0 bridgehead atoms. The molecule has 0 aliphatic carbocycles. The van der Waals surface area contributed by atoms with Crippen LogP contribution in [0.2, 0.25) is 0 Å². The van der Waals surface area contributed by atoms with Crippen LogP contribution >= 0.6 is 23.5 Å². The Hall–Kier alpha value is -2.58. The molecule has 0 radical (unpaired) electrons. The molecular weight excluding hydrogens is 368 g/mol. The lowest BCUT2D eigenvalue weighted by molar-refractivity contribution is 0.260. The number of amides is 2. The van der Waals surface area contributed by atoms with Gasteiger partial charge in [-0.15, -0.1) is 0 Å². The smallest absolute Gasteiger partial charge is 0.260 e. The second kappa shape index (κ2) is 10.4. The zero-order chi connectivity index (χ0) is 18.8. The minimum absolute atomic E-state index is 0.293. The van der Waals surface area contributed by atoms with E-state index in [4.69, 9.17) is 0 Å². The van der Waals surface area contributed by atoms with Crippen molar-refractivity contribution >= 4 is 45.4 Å². The van der Waals surface area contributed by atoms with E-state index in [1.165, 1.54) is 0 Å². The Morgan fingerprint density at radius 3 is 1.35 bits per heavy atom. The predicted octanol–water partition coefficient (Wildman–Crippen LogP) is 3.94. The number of thioether (sulfide) groups is 2. The van der Waals surface area contributed by atoms with E-state index in [1.807, 2.05) is 60.7 Å². The number of hydrogen-bond acceptors (Lipinski definition) is 6. The molecule has 2 N–H and O–H groups in total. The molecule has 0 saturated heterocycles. The Labute approximate surface area is 160 Å². The third-order valence-electron chi connectivity index (χ3n) is 3.21. The molecule has 6 nitrogen and oxygen atoms in total. The number of carbonyl (C=O) groups excluding carboxylic acids is 2. The van der Waals surface area contributed by atoms with Crippen molar-refractivity contribution in [1.29, 1.82) is 0 Å². The monoisotopic (exact) mass is 386 g/mol. The molecule has 134 valence electrons. The number of benzene rings is 2. The van der Waals surface area contributed by atoms with Crippen LogP contribution in [0, 0.1) is 0 Å². The van der Waals surface area contributed by atoms with Gasteiger partial charge < -0.3 is 0 Å². The van der Waals surface area contributed by atoms with Gasteiger partial charge in [-0.3, -0.25) is 9.59 Å². The van der Waals surface area contributed by atoms with Crippen molar-refractivity contribution in [2.24, 2.45) is 10.2 Å². The first-order chi connectivity index (χ1) is 12.7. The molecule has 2 amide bonds. The van der Waals surface area contributed by atoms with Gasteiger partial charge in [-0.1, -0.05) is 84.2 Å². The van der Waals surface area contributed by atoms with Gasteiger partial charge in [0.05, 0.1) is 0 Å². The first-order valence-corrected chi connectivity index (χ1v) is 10.0. The van der Waals surface area contributed by atoms with Crippen LogP contribution in [0.1, 0.15) is 11.1 Å². The molecule has 0 aromatic heterocycles. The average molecular weight is 387 g/mol. The highest BCUT2D eigenvalue weighted by Gasteiger charge is 2.16. The largest absolute Gasteiger partial charge is 0.298 e. The lowest BCUT2D eigenvalue weighted by Gasteiger charge is -2.11. The van der Waals surface area contributed by atoms with E-state index in [2.05, 4.69) is 21.1 Å². The average Bonchev–Trinajstić information content (AvgIpc) is 2.71. The summed E-state index contributed by atoms with van der Waals surface area (Å²) in [5.74, 6) is 0. The first-order valence-electron chi connectivity index (χ1n) is 7.60. The Morgan fingerprint density at radius 1 is 0.692 bits per heavy atom. The summed E-state index contributed by atoms with van der Waals surface area (Å²) in [7, 11) is 0. The van der Waals surface area contributed by atoms with Crippen LogP contribution in [-0.4, -0.2) is 34.4 Å². The van der Waals surface area contributed by atoms with Gasteiger partial charge in [-0.25, -0.2) is 10.9 Å². The fourth-order valence-electron chi connectivity index (χ4n) is 1.99. The minimum Gasteiger partial charge on any atom is -0.260 e. The molecule has 0 atom stereocenters. The topological polar surface area (TPSA) is 82.9 Å². The summed E-state index contributed by atoms with van der Waals surface area (Å²) in [6, 6.07) is 18.7. The van der Waals surface area contributed by atoms with Crippen molar-refractivity contribution in [2.75, 3.05) is 12.5 Å². The Balaban J connectivity index is 2.53. The number of hydrazone groups is 2. The van der Waals surface area contributed by atoms with E-state index in [0.717, 1.165) is 34.7 Å². The maximum Gasteiger partial charge on any atom is 0.298 e. The first kappa shape index (κ1) is 19.7. The molecule has 0 heterocycles. The van der Waals surface area contributed by atoms with E-state index in [9.17, 15) is 9.59 Å². The highest BCUT2D eigenvalue weighted by molar-refractivity contribution is 8.13. The predicted molar refractivity (Wildman–Crippen MR) is 110 cm³/mol. The van der Waals surface area contributed by atoms with Crippen molar-refractivity contribution in [1.82, 2.24) is 10.9 Å². The second-order valence-electron chi connectivity index (χ2n) is 4.86. The Morgan fingerprint density at radius 2 is 1.04 bits per heavy atom. The summed E-state index contributed by atoms with van der Waals surface area (Å²) in [6.45, 7) is 0. The van der Waals surface area contributed by atoms with Crippen LogP contribution in [0.4, 0.5) is 9.59 Å². The van der Waals surface area contributed by atoms with Gasteiger partial charge in [0.1, 0.15) is 11.4 Å². The van der Waals surface area contributed by atoms with E-state index < -0.39 is 0 Å². The van der Waals surface area contributed by atoms with E-state index in [1.54, 1.807) is 12.5 Å². The van der Waals surface area contributed by atoms with E-state index in [0.29, 0.717) is 11.4 Å². The maximum absolute atomic E-state index is 11.7. The van der Waals surface area contributed by atoms with Crippen LogP contribution in [0.5, 0.6) is 0 Å². The molecular formula is C18H18N4O2S2. The van der Waals surface area contributed by atoms with Gasteiger partial charge in [-0.05, 0) is 12.5 Å². The van der Waals surface area contributed by atoms with E-state index >= 15 is 0 Å². The van der Waals surface area contributed by atoms with Crippen LogP contribution < -0.4 is 10.9 Å². The number of carbonyl (C=O) groups is 2. The number of nitrogens with one attached hydrogen (secondary N) is 2. The second-order valence-corrected chi connectivity index (χ2v) is 6.42. The molecule has 0 saturated carbocycles. The van der Waals surface area contributed by atoms with Gasteiger partial charge in [-0.2, -0.15) is 10.2 Å². The third-order valence-corrected chi connectivity index (χ3v) is 4.13. The van der Waals surface area contributed by atoms with Gasteiger partial charge in [0.25, 0.3) is 10.5 Å². The summed E-state index contributed by atoms with van der Waals surface area (Å²) in [5.41, 5.74) is 7.40. The van der Waals surface area contributed by atoms with Crippen molar-refractivity contribution in [2.45, 2.75) is 0 Å². The van der Waals surface area contributed by atoms with Gasteiger partial charge >= 0.3 is 0 Å². The highest BCUT2D eigenvalue weighted by atomic mass is 32.2. The molecule has 0 unspecified atom stereocenters. The zero-order valence-electron chi connectivity index (χ0n) is 14.3. The van der Waals surface area contributed by atoms with Gasteiger partial charge in [0.2, 0.25) is 0 Å². The standard InChI is InChI=1S/C18H18N4O2S2/c1-25-17(23)21-19-15(13-9-5-3-6-10-13)16(20-22-18(24)26-2)14-11-7-4-8-12-14/h3-12H,1-2H3,(H,21,23)(H,22,24)/b19-15+,20-16+. The quantitative estimate of drug-likeness (QED) is 0.602. The molecule has 0 aliphatic rings. The van der Waals surface area contributed by atoms with Crippen LogP contribution in [0.25, 0.3) is 0 Å².